The molecule has 0 N–H and O–H groups in total. The van der Waals surface area contributed by atoms with E-state index in [1.54, 1.807) is 11.3 Å². The summed E-state index contributed by atoms with van der Waals surface area (Å²) < 4.78 is 20.9. The average Bonchev–Trinajstić information content (AvgIpc) is 3.22. The van der Waals surface area contributed by atoms with Crippen molar-refractivity contribution < 1.29 is 9.13 Å². The predicted octanol–water partition coefficient (Wildman–Crippen LogP) is 5.06. The number of imidazole rings is 1. The average molecular weight is 362 g/mol. The number of fused-ring (bicyclic) bond motifs is 2. The van der Waals surface area contributed by atoms with Gasteiger partial charge in [0.05, 0.1) is 5.69 Å². The van der Waals surface area contributed by atoms with Crippen LogP contribution in [0.4, 0.5) is 4.39 Å². The van der Waals surface area contributed by atoms with Gasteiger partial charge < -0.3 is 4.74 Å². The molecule has 0 bridgehead atoms. The zero-order valence-corrected chi connectivity index (χ0v) is 14.7. The Hall–Kier alpha value is -2.92. The molecule has 26 heavy (non-hydrogen) atoms. The van der Waals surface area contributed by atoms with Crippen molar-refractivity contribution in [2.45, 2.75) is 6.42 Å². The molecule has 0 radical (unpaired) electrons. The molecular formula is C21H15FN2OS. The first-order valence-corrected chi connectivity index (χ1v) is 9.21. The normalized spacial score (nSPS) is 13.3. The van der Waals surface area contributed by atoms with Gasteiger partial charge in [-0.25, -0.2) is 9.37 Å². The van der Waals surface area contributed by atoms with Gasteiger partial charge in [-0.05, 0) is 29.8 Å². The molecule has 0 atom stereocenters. The third kappa shape index (κ3) is 2.80. The maximum absolute atomic E-state index is 13.0. The number of hydrogen-bond acceptors (Lipinski definition) is 3. The van der Waals surface area contributed by atoms with Gasteiger partial charge in [-0.2, -0.15) is 0 Å². The molecule has 1 aliphatic rings. The maximum Gasteiger partial charge on any atom is 0.194 e. The Morgan fingerprint density at radius 3 is 2.77 bits per heavy atom. The third-order valence-electron chi connectivity index (χ3n) is 4.46. The smallest absolute Gasteiger partial charge is 0.194 e. The highest BCUT2D eigenvalue weighted by atomic mass is 32.1. The summed E-state index contributed by atoms with van der Waals surface area (Å²) in [7, 11) is 0. The lowest BCUT2D eigenvalue weighted by molar-refractivity contribution is 0.365. The number of benzene rings is 2. The number of aromatic nitrogens is 2. The lowest BCUT2D eigenvalue weighted by Gasteiger charge is -2.16. The van der Waals surface area contributed by atoms with Crippen LogP contribution >= 0.6 is 11.3 Å². The van der Waals surface area contributed by atoms with E-state index in [2.05, 4.69) is 16.7 Å². The summed E-state index contributed by atoms with van der Waals surface area (Å²) in [5.74, 6) is 0.711. The molecule has 2 aromatic carbocycles. The number of nitrogens with zero attached hydrogens (tertiary/aromatic N) is 2. The highest BCUT2D eigenvalue weighted by Gasteiger charge is 2.16. The van der Waals surface area contributed by atoms with Crippen molar-refractivity contribution in [1.82, 2.24) is 9.38 Å². The minimum Gasteiger partial charge on any atom is -0.488 e. The fourth-order valence-electron chi connectivity index (χ4n) is 3.15. The maximum atomic E-state index is 13.0. The van der Waals surface area contributed by atoms with Crippen molar-refractivity contribution in [3.8, 4) is 5.75 Å². The molecule has 0 saturated carbocycles. The SMILES string of the molecule is Fc1ccc(Cc2cn3cc(C4=Cc5ccccc5OC4)nc3s2)cc1. The monoisotopic (exact) mass is 362 g/mol. The number of ether oxygens (including phenoxy) is 1. The topological polar surface area (TPSA) is 26.5 Å². The molecule has 5 heteroatoms. The number of thiazole rings is 1. The summed E-state index contributed by atoms with van der Waals surface area (Å²) in [6.07, 6.45) is 7.06. The van der Waals surface area contributed by atoms with Gasteiger partial charge in [-0.15, -0.1) is 11.3 Å². The quantitative estimate of drug-likeness (QED) is 0.509. The number of hydrogen-bond donors (Lipinski definition) is 0. The molecule has 3 nitrogen and oxygen atoms in total. The Morgan fingerprint density at radius 2 is 1.92 bits per heavy atom. The van der Waals surface area contributed by atoms with E-state index in [0.717, 1.165) is 39.5 Å². The number of rotatable bonds is 3. The standard InChI is InChI=1S/C21H15FN2OS/c22-17-7-5-14(6-8-17)9-18-11-24-12-19(23-21(24)26-18)16-10-15-3-1-2-4-20(15)25-13-16/h1-8,10-12H,9,13H2. The first-order valence-electron chi connectivity index (χ1n) is 8.39. The lowest BCUT2D eigenvalue weighted by Crippen LogP contribution is -2.06. The van der Waals surface area contributed by atoms with Gasteiger partial charge in [0.2, 0.25) is 0 Å². The molecule has 0 unspecified atom stereocenters. The van der Waals surface area contributed by atoms with Crippen LogP contribution in [0, 0.1) is 5.82 Å². The predicted molar refractivity (Wildman–Crippen MR) is 102 cm³/mol. The number of para-hydroxylation sites is 1. The van der Waals surface area contributed by atoms with Gasteiger partial charge in [0, 0.05) is 34.8 Å². The summed E-state index contributed by atoms with van der Waals surface area (Å²) in [5.41, 5.74) is 4.21. The molecule has 4 aromatic rings. The zero-order valence-electron chi connectivity index (χ0n) is 13.9. The van der Waals surface area contributed by atoms with E-state index in [-0.39, 0.29) is 5.82 Å². The Morgan fingerprint density at radius 1 is 1.08 bits per heavy atom. The molecule has 0 spiro atoms. The largest absolute Gasteiger partial charge is 0.488 e. The van der Waals surface area contributed by atoms with Crippen molar-refractivity contribution in [3.63, 3.8) is 0 Å². The van der Waals surface area contributed by atoms with Gasteiger partial charge in [0.25, 0.3) is 0 Å². The molecule has 0 fully saturated rings. The van der Waals surface area contributed by atoms with Crippen LogP contribution in [0.1, 0.15) is 21.7 Å². The first kappa shape index (κ1) is 15.3. The van der Waals surface area contributed by atoms with Crippen LogP contribution in [0.5, 0.6) is 5.75 Å². The van der Waals surface area contributed by atoms with Crippen molar-refractivity contribution in [2.75, 3.05) is 6.61 Å². The van der Waals surface area contributed by atoms with Crippen LogP contribution in [0.2, 0.25) is 0 Å². The lowest BCUT2D eigenvalue weighted by atomic mass is 10.1. The van der Waals surface area contributed by atoms with Crippen LogP contribution in [-0.4, -0.2) is 16.0 Å². The Bertz CT molecular complexity index is 1090. The minimum atomic E-state index is -0.205. The minimum absolute atomic E-state index is 0.205. The third-order valence-corrected chi connectivity index (χ3v) is 5.45. The zero-order chi connectivity index (χ0) is 17.5. The van der Waals surface area contributed by atoms with Crippen molar-refractivity contribution >= 4 is 27.9 Å². The van der Waals surface area contributed by atoms with E-state index in [4.69, 9.17) is 9.72 Å². The molecule has 128 valence electrons. The van der Waals surface area contributed by atoms with E-state index in [1.165, 1.54) is 17.0 Å². The molecule has 0 amide bonds. The van der Waals surface area contributed by atoms with Crippen molar-refractivity contribution in [3.05, 3.63) is 88.4 Å². The molecule has 2 aromatic heterocycles. The Balaban J connectivity index is 1.42. The summed E-state index contributed by atoms with van der Waals surface area (Å²) in [4.78, 5) is 6.91. The number of halogens is 1. The second kappa shape index (κ2) is 6.11. The van der Waals surface area contributed by atoms with E-state index in [9.17, 15) is 4.39 Å². The first-order chi connectivity index (χ1) is 12.7. The van der Waals surface area contributed by atoms with Gasteiger partial charge >= 0.3 is 0 Å². The van der Waals surface area contributed by atoms with Crippen LogP contribution in [0.25, 0.3) is 16.6 Å². The molecule has 3 heterocycles. The molecule has 1 aliphatic heterocycles. The highest BCUT2D eigenvalue weighted by molar-refractivity contribution is 7.17. The second-order valence-electron chi connectivity index (χ2n) is 6.31. The van der Waals surface area contributed by atoms with Crippen LogP contribution in [0.15, 0.2) is 60.9 Å². The van der Waals surface area contributed by atoms with Crippen molar-refractivity contribution in [2.24, 2.45) is 0 Å². The Labute approximate surface area is 154 Å². The molecule has 0 aliphatic carbocycles. The van der Waals surface area contributed by atoms with E-state index >= 15 is 0 Å². The fourth-order valence-corrected chi connectivity index (χ4v) is 4.14. The summed E-state index contributed by atoms with van der Waals surface area (Å²) in [6.45, 7) is 0.532. The van der Waals surface area contributed by atoms with Gasteiger partial charge in [0.15, 0.2) is 4.96 Å². The van der Waals surface area contributed by atoms with Crippen LogP contribution in [-0.2, 0) is 6.42 Å². The summed E-state index contributed by atoms with van der Waals surface area (Å²) in [6, 6.07) is 14.7. The van der Waals surface area contributed by atoms with E-state index in [1.807, 2.05) is 42.6 Å². The molecule has 5 rings (SSSR count). The molecular weight excluding hydrogens is 347 g/mol. The van der Waals surface area contributed by atoms with Gasteiger partial charge in [0.1, 0.15) is 18.2 Å². The summed E-state index contributed by atoms with van der Waals surface area (Å²) in [5, 5.41) is 0. The van der Waals surface area contributed by atoms with E-state index < -0.39 is 0 Å². The van der Waals surface area contributed by atoms with E-state index in [0.29, 0.717) is 6.61 Å². The highest BCUT2D eigenvalue weighted by Crippen LogP contribution is 2.31. The van der Waals surface area contributed by atoms with Crippen LogP contribution in [0.3, 0.4) is 0 Å². The fraction of sp³-hybridized carbons (Fsp3) is 0.0952. The molecule has 0 saturated heterocycles. The Kier molecular flexibility index (Phi) is 3.60. The van der Waals surface area contributed by atoms with Gasteiger partial charge in [-0.1, -0.05) is 30.3 Å². The second-order valence-corrected chi connectivity index (χ2v) is 7.41. The van der Waals surface area contributed by atoms with Crippen LogP contribution < -0.4 is 4.74 Å². The van der Waals surface area contributed by atoms with Crippen molar-refractivity contribution in [1.29, 1.82) is 0 Å². The van der Waals surface area contributed by atoms with Gasteiger partial charge in [-0.3, -0.25) is 4.40 Å². The summed E-state index contributed by atoms with van der Waals surface area (Å²) >= 11 is 1.66.